The molecular weight excluding hydrogens is 381 g/mol. The third-order valence-electron chi connectivity index (χ3n) is 6.61. The maximum absolute atomic E-state index is 13.4. The lowest BCUT2D eigenvalue weighted by molar-refractivity contribution is -0.156. The van der Waals surface area contributed by atoms with Gasteiger partial charge in [0.05, 0.1) is 0 Å². The molecule has 1 aromatic carbocycles. The van der Waals surface area contributed by atoms with Gasteiger partial charge in [-0.25, -0.2) is 9.18 Å². The Bertz CT molecular complexity index is 869. The minimum absolute atomic E-state index is 0.200. The summed E-state index contributed by atoms with van der Waals surface area (Å²) in [6.07, 6.45) is 4.20. The van der Waals surface area contributed by atoms with Crippen LogP contribution in [0.15, 0.2) is 42.6 Å². The Balaban J connectivity index is 1.53. The lowest BCUT2D eigenvalue weighted by Crippen LogP contribution is -2.38. The van der Waals surface area contributed by atoms with Gasteiger partial charge >= 0.3 is 5.97 Å². The van der Waals surface area contributed by atoms with Gasteiger partial charge in [-0.3, -0.25) is 4.98 Å². The highest BCUT2D eigenvalue weighted by atomic mass is 19.1. The standard InChI is InChI=1S/C25H32FNO3/c1-16(19(4)17(2)13-25(29)14-18(3)30-24(25)28)8-10-23-11-9-21(15-27-23)20-6-5-7-22(26)12-20/h5-7,9,11-12,15-19,29H,8,10,13-14H2,1-4H3/t16?,17-,18+,19-,25?/m0/s1. The summed E-state index contributed by atoms with van der Waals surface area (Å²) in [5.41, 5.74) is 1.39. The molecule has 162 valence electrons. The van der Waals surface area contributed by atoms with E-state index in [1.807, 2.05) is 25.1 Å². The molecule has 5 atom stereocenters. The number of cyclic esters (lactones) is 1. The van der Waals surface area contributed by atoms with Crippen LogP contribution in [0, 0.1) is 23.6 Å². The van der Waals surface area contributed by atoms with E-state index in [4.69, 9.17) is 4.74 Å². The van der Waals surface area contributed by atoms with Crippen LogP contribution < -0.4 is 0 Å². The summed E-state index contributed by atoms with van der Waals surface area (Å²) < 4.78 is 18.6. The molecule has 30 heavy (non-hydrogen) atoms. The predicted molar refractivity (Wildman–Crippen MR) is 115 cm³/mol. The molecule has 0 bridgehead atoms. The Morgan fingerprint density at radius 3 is 2.57 bits per heavy atom. The van der Waals surface area contributed by atoms with Crippen molar-refractivity contribution in [3.63, 3.8) is 0 Å². The van der Waals surface area contributed by atoms with E-state index in [1.165, 1.54) is 12.1 Å². The lowest BCUT2D eigenvalue weighted by atomic mass is 9.76. The Morgan fingerprint density at radius 2 is 1.97 bits per heavy atom. The molecule has 1 aliphatic rings. The Morgan fingerprint density at radius 1 is 1.20 bits per heavy atom. The molecule has 3 rings (SSSR count). The highest BCUT2D eigenvalue weighted by Gasteiger charge is 2.47. The number of esters is 1. The molecule has 1 saturated heterocycles. The van der Waals surface area contributed by atoms with E-state index in [1.54, 1.807) is 12.3 Å². The van der Waals surface area contributed by atoms with Gasteiger partial charge in [-0.15, -0.1) is 0 Å². The Labute approximate surface area is 178 Å². The van der Waals surface area contributed by atoms with E-state index in [0.717, 1.165) is 29.7 Å². The van der Waals surface area contributed by atoms with E-state index in [0.29, 0.717) is 24.7 Å². The van der Waals surface area contributed by atoms with Crippen LogP contribution in [-0.4, -0.2) is 27.8 Å². The van der Waals surface area contributed by atoms with E-state index in [-0.39, 0.29) is 17.8 Å². The molecule has 5 heteroatoms. The monoisotopic (exact) mass is 413 g/mol. The fourth-order valence-corrected chi connectivity index (χ4v) is 4.39. The number of carbonyl (C=O) groups is 1. The molecule has 1 fully saturated rings. The van der Waals surface area contributed by atoms with Gasteiger partial charge in [0, 0.05) is 23.9 Å². The number of hydrogen-bond acceptors (Lipinski definition) is 4. The van der Waals surface area contributed by atoms with Crippen molar-refractivity contribution < 1.29 is 19.0 Å². The van der Waals surface area contributed by atoms with E-state index in [2.05, 4.69) is 25.8 Å². The molecule has 4 nitrogen and oxygen atoms in total. The van der Waals surface area contributed by atoms with Crippen molar-refractivity contribution in [3.05, 3.63) is 54.1 Å². The number of carbonyl (C=O) groups excluding carboxylic acids is 1. The average molecular weight is 414 g/mol. The van der Waals surface area contributed by atoms with Gasteiger partial charge in [-0.1, -0.05) is 39.0 Å². The summed E-state index contributed by atoms with van der Waals surface area (Å²) in [6, 6.07) is 10.5. The zero-order valence-corrected chi connectivity index (χ0v) is 18.3. The van der Waals surface area contributed by atoms with Crippen molar-refractivity contribution in [1.29, 1.82) is 0 Å². The number of pyridine rings is 1. The van der Waals surface area contributed by atoms with Gasteiger partial charge in [-0.05, 0) is 67.7 Å². The van der Waals surface area contributed by atoms with Crippen LogP contribution in [0.4, 0.5) is 4.39 Å². The summed E-state index contributed by atoms with van der Waals surface area (Å²) in [6.45, 7) is 8.31. The van der Waals surface area contributed by atoms with Crippen LogP contribution >= 0.6 is 0 Å². The van der Waals surface area contributed by atoms with Gasteiger partial charge in [0.15, 0.2) is 5.60 Å². The quantitative estimate of drug-likeness (QED) is 0.606. The first-order valence-electron chi connectivity index (χ1n) is 10.8. The fourth-order valence-electron chi connectivity index (χ4n) is 4.39. The first kappa shape index (κ1) is 22.4. The number of rotatable bonds is 8. The molecule has 0 aliphatic carbocycles. The number of ether oxygens (including phenoxy) is 1. The van der Waals surface area contributed by atoms with Crippen LogP contribution in [0.3, 0.4) is 0 Å². The maximum atomic E-state index is 13.4. The number of aromatic nitrogens is 1. The SMILES string of the molecule is CC(CCc1ccc(-c2cccc(F)c2)cn1)[C@H](C)[C@@H](C)CC1(O)C[C@@H](C)OC1=O. The number of hydrogen-bond donors (Lipinski definition) is 1. The summed E-state index contributed by atoms with van der Waals surface area (Å²) in [4.78, 5) is 16.5. The Kier molecular flexibility index (Phi) is 6.91. The van der Waals surface area contributed by atoms with Crippen LogP contribution in [0.5, 0.6) is 0 Å². The van der Waals surface area contributed by atoms with Crippen LogP contribution in [0.25, 0.3) is 11.1 Å². The summed E-state index contributed by atoms with van der Waals surface area (Å²) in [5.74, 6) is 0.237. The van der Waals surface area contributed by atoms with E-state index < -0.39 is 11.6 Å². The number of nitrogens with zero attached hydrogens (tertiary/aromatic N) is 1. The fraction of sp³-hybridized carbons (Fsp3) is 0.520. The van der Waals surface area contributed by atoms with Gasteiger partial charge in [-0.2, -0.15) is 0 Å². The topological polar surface area (TPSA) is 59.4 Å². The van der Waals surface area contributed by atoms with Crippen molar-refractivity contribution in [1.82, 2.24) is 4.98 Å². The van der Waals surface area contributed by atoms with Crippen LogP contribution in [-0.2, 0) is 16.0 Å². The minimum atomic E-state index is -1.35. The summed E-state index contributed by atoms with van der Waals surface area (Å²) in [5, 5.41) is 10.7. The molecule has 2 aromatic rings. The van der Waals surface area contributed by atoms with Crippen LogP contribution in [0.2, 0.25) is 0 Å². The zero-order chi connectivity index (χ0) is 21.9. The van der Waals surface area contributed by atoms with Crippen molar-refractivity contribution in [2.75, 3.05) is 0 Å². The third-order valence-corrected chi connectivity index (χ3v) is 6.61. The molecule has 2 unspecified atom stereocenters. The lowest BCUT2D eigenvalue weighted by Gasteiger charge is -2.30. The van der Waals surface area contributed by atoms with Crippen molar-refractivity contribution in [2.45, 2.75) is 65.1 Å². The Hall–Kier alpha value is -2.27. The number of halogens is 1. The second-order valence-corrected chi connectivity index (χ2v) is 9.06. The third kappa shape index (κ3) is 5.25. The molecule has 0 spiro atoms. The predicted octanol–water partition coefficient (Wildman–Crippen LogP) is 5.19. The van der Waals surface area contributed by atoms with Gasteiger partial charge in [0.2, 0.25) is 0 Å². The second-order valence-electron chi connectivity index (χ2n) is 9.06. The van der Waals surface area contributed by atoms with Gasteiger partial charge in [0.1, 0.15) is 11.9 Å². The zero-order valence-electron chi connectivity index (χ0n) is 18.3. The molecule has 0 saturated carbocycles. The van der Waals surface area contributed by atoms with Gasteiger partial charge < -0.3 is 9.84 Å². The highest BCUT2D eigenvalue weighted by molar-refractivity contribution is 5.81. The summed E-state index contributed by atoms with van der Waals surface area (Å²) in [7, 11) is 0. The van der Waals surface area contributed by atoms with Crippen molar-refractivity contribution >= 4 is 5.97 Å². The largest absolute Gasteiger partial charge is 0.460 e. The number of aliphatic hydroxyl groups is 1. The number of aryl methyl sites for hydroxylation is 1. The number of benzene rings is 1. The maximum Gasteiger partial charge on any atom is 0.338 e. The van der Waals surface area contributed by atoms with Crippen molar-refractivity contribution in [2.24, 2.45) is 17.8 Å². The average Bonchev–Trinajstić information content (AvgIpc) is 2.96. The van der Waals surface area contributed by atoms with Gasteiger partial charge in [0.25, 0.3) is 0 Å². The summed E-state index contributed by atoms with van der Waals surface area (Å²) >= 11 is 0. The molecule has 1 aromatic heterocycles. The molecule has 2 heterocycles. The van der Waals surface area contributed by atoms with E-state index in [9.17, 15) is 14.3 Å². The molecule has 0 amide bonds. The second kappa shape index (κ2) is 9.25. The highest BCUT2D eigenvalue weighted by Crippen LogP contribution is 2.36. The normalized spacial score (nSPS) is 24.3. The minimum Gasteiger partial charge on any atom is -0.460 e. The molecule has 1 aliphatic heterocycles. The first-order chi connectivity index (χ1) is 14.2. The smallest absolute Gasteiger partial charge is 0.338 e. The molecule has 0 radical (unpaired) electrons. The molecular formula is C25H32FNO3. The van der Waals surface area contributed by atoms with Crippen LogP contribution in [0.1, 0.15) is 52.7 Å². The van der Waals surface area contributed by atoms with Crippen molar-refractivity contribution in [3.8, 4) is 11.1 Å². The molecule has 1 N–H and O–H groups in total. The van der Waals surface area contributed by atoms with E-state index >= 15 is 0 Å². The first-order valence-corrected chi connectivity index (χ1v) is 10.8.